The van der Waals surface area contributed by atoms with Crippen LogP contribution in [0.3, 0.4) is 0 Å². The van der Waals surface area contributed by atoms with Crippen molar-refractivity contribution in [1.29, 1.82) is 0 Å². The number of aromatic nitrogens is 1. The van der Waals surface area contributed by atoms with E-state index in [0.717, 1.165) is 24.2 Å². The van der Waals surface area contributed by atoms with Crippen LogP contribution in [-0.4, -0.2) is 19.9 Å². The lowest BCUT2D eigenvalue weighted by Crippen LogP contribution is -2.14. The molecular formula is C17H23N3O2S. The maximum atomic E-state index is 12.3. The van der Waals surface area contributed by atoms with Crippen molar-refractivity contribution in [3.8, 4) is 0 Å². The van der Waals surface area contributed by atoms with E-state index >= 15 is 0 Å². The molecule has 0 saturated heterocycles. The van der Waals surface area contributed by atoms with Gasteiger partial charge in [0.2, 0.25) is 0 Å². The van der Waals surface area contributed by atoms with E-state index in [4.69, 9.17) is 0 Å². The van der Waals surface area contributed by atoms with Crippen LogP contribution in [0.25, 0.3) is 0 Å². The molecule has 2 aromatic rings. The quantitative estimate of drug-likeness (QED) is 0.721. The fraction of sp³-hybridized carbons (Fsp3) is 0.353. The molecule has 0 fully saturated rings. The Morgan fingerprint density at radius 3 is 2.39 bits per heavy atom. The predicted octanol–water partition coefficient (Wildman–Crippen LogP) is 3.79. The molecule has 1 heterocycles. The smallest absolute Gasteiger partial charge is 0.263 e. The van der Waals surface area contributed by atoms with E-state index in [1.54, 1.807) is 36.5 Å². The van der Waals surface area contributed by atoms with Crippen LogP contribution in [0.4, 0.5) is 11.5 Å². The lowest BCUT2D eigenvalue weighted by Gasteiger charge is -2.09. The number of sulfonamides is 1. The number of benzene rings is 1. The number of nitrogens with one attached hydrogen (secondary N) is 2. The van der Waals surface area contributed by atoms with Gasteiger partial charge in [-0.25, -0.2) is 13.4 Å². The number of rotatable bonds is 8. The molecule has 124 valence electrons. The highest BCUT2D eigenvalue weighted by molar-refractivity contribution is 7.92. The lowest BCUT2D eigenvalue weighted by molar-refractivity contribution is 0.601. The second kappa shape index (κ2) is 7.97. The fourth-order valence-corrected chi connectivity index (χ4v) is 3.09. The molecule has 6 heteroatoms. The summed E-state index contributed by atoms with van der Waals surface area (Å²) < 4.78 is 27.0. The minimum Gasteiger partial charge on any atom is -0.384 e. The molecule has 0 saturated carbocycles. The zero-order valence-electron chi connectivity index (χ0n) is 13.5. The number of pyridine rings is 1. The van der Waals surface area contributed by atoms with Crippen molar-refractivity contribution in [2.45, 2.75) is 38.0 Å². The van der Waals surface area contributed by atoms with Gasteiger partial charge in [-0.05, 0) is 37.6 Å². The molecule has 23 heavy (non-hydrogen) atoms. The molecule has 0 aliphatic heterocycles. The Balaban J connectivity index is 1.98. The number of anilines is 2. The number of unbranched alkanes of at least 4 members (excludes halogenated alkanes) is 2. The molecule has 0 atom stereocenters. The van der Waals surface area contributed by atoms with Crippen molar-refractivity contribution in [1.82, 2.24) is 4.98 Å². The second-order valence-electron chi connectivity index (χ2n) is 5.48. The summed E-state index contributed by atoms with van der Waals surface area (Å²) in [5.41, 5.74) is 1.90. The molecule has 0 bridgehead atoms. The van der Waals surface area contributed by atoms with Crippen molar-refractivity contribution in [3.63, 3.8) is 0 Å². The molecule has 0 aliphatic rings. The van der Waals surface area contributed by atoms with Gasteiger partial charge in [0, 0.05) is 6.54 Å². The third-order valence-electron chi connectivity index (χ3n) is 3.44. The topological polar surface area (TPSA) is 71.1 Å². The van der Waals surface area contributed by atoms with Crippen LogP contribution in [0.1, 0.15) is 31.7 Å². The Hall–Kier alpha value is -2.08. The van der Waals surface area contributed by atoms with Crippen molar-refractivity contribution >= 4 is 21.5 Å². The minimum atomic E-state index is -3.60. The van der Waals surface area contributed by atoms with Crippen molar-refractivity contribution < 1.29 is 8.42 Å². The fourth-order valence-electron chi connectivity index (χ4n) is 2.08. The third-order valence-corrected chi connectivity index (χ3v) is 4.81. The summed E-state index contributed by atoms with van der Waals surface area (Å²) >= 11 is 0. The summed E-state index contributed by atoms with van der Waals surface area (Å²) in [7, 11) is -3.60. The van der Waals surface area contributed by atoms with Crippen LogP contribution in [0.15, 0.2) is 47.5 Å². The molecule has 0 unspecified atom stereocenters. The van der Waals surface area contributed by atoms with E-state index in [1.165, 1.54) is 12.8 Å². The Labute approximate surface area is 138 Å². The Morgan fingerprint density at radius 1 is 1.04 bits per heavy atom. The molecule has 1 aromatic heterocycles. The first kappa shape index (κ1) is 17.3. The highest BCUT2D eigenvalue weighted by Gasteiger charge is 2.14. The van der Waals surface area contributed by atoms with Crippen LogP contribution in [0.5, 0.6) is 0 Å². The second-order valence-corrected chi connectivity index (χ2v) is 7.17. The zero-order chi connectivity index (χ0) is 16.7. The molecule has 0 aliphatic carbocycles. The molecule has 2 N–H and O–H groups in total. The van der Waals surface area contributed by atoms with Crippen LogP contribution in [-0.2, 0) is 10.0 Å². The summed E-state index contributed by atoms with van der Waals surface area (Å²) in [6.45, 7) is 4.97. The summed E-state index contributed by atoms with van der Waals surface area (Å²) in [4.78, 5) is 4.38. The van der Waals surface area contributed by atoms with Crippen molar-refractivity contribution in [3.05, 3.63) is 48.2 Å². The van der Waals surface area contributed by atoms with Gasteiger partial charge >= 0.3 is 0 Å². The lowest BCUT2D eigenvalue weighted by atomic mass is 10.2. The molecule has 0 radical (unpaired) electrons. The van der Waals surface area contributed by atoms with Gasteiger partial charge < -0.3 is 5.32 Å². The standard InChI is InChI=1S/C17H23N3O2S/c1-3-4-5-12-18-15-8-11-17(19-13-15)20-23(21,22)16-9-6-14(2)7-10-16/h6-11,13,18H,3-5,12H2,1-2H3,(H,19,20). The maximum absolute atomic E-state index is 12.3. The first-order valence-corrected chi connectivity index (χ1v) is 9.29. The molecular weight excluding hydrogens is 310 g/mol. The normalized spacial score (nSPS) is 11.2. The first-order valence-electron chi connectivity index (χ1n) is 7.80. The largest absolute Gasteiger partial charge is 0.384 e. The van der Waals surface area contributed by atoms with Crippen LogP contribution in [0, 0.1) is 6.92 Å². The van der Waals surface area contributed by atoms with Crippen LogP contribution < -0.4 is 10.0 Å². The summed E-state index contributed by atoms with van der Waals surface area (Å²) in [5.74, 6) is 0.310. The molecule has 2 rings (SSSR count). The zero-order valence-corrected chi connectivity index (χ0v) is 14.4. The van der Waals surface area contributed by atoms with Gasteiger partial charge in [0.15, 0.2) is 0 Å². The Kier molecular flexibility index (Phi) is 5.98. The van der Waals surface area contributed by atoms with Gasteiger partial charge in [0.25, 0.3) is 10.0 Å². The molecule has 0 spiro atoms. The van der Waals surface area contributed by atoms with Gasteiger partial charge in [-0.15, -0.1) is 0 Å². The van der Waals surface area contributed by atoms with Crippen molar-refractivity contribution in [2.24, 2.45) is 0 Å². The molecule has 1 aromatic carbocycles. The van der Waals surface area contributed by atoms with Gasteiger partial charge in [-0.3, -0.25) is 4.72 Å². The van der Waals surface area contributed by atoms with Gasteiger partial charge in [0.05, 0.1) is 16.8 Å². The Bertz CT molecular complexity index is 711. The van der Waals surface area contributed by atoms with E-state index < -0.39 is 10.0 Å². The number of hydrogen-bond donors (Lipinski definition) is 2. The highest BCUT2D eigenvalue weighted by atomic mass is 32.2. The average molecular weight is 333 g/mol. The van der Waals surface area contributed by atoms with Gasteiger partial charge in [-0.2, -0.15) is 0 Å². The monoisotopic (exact) mass is 333 g/mol. The Morgan fingerprint density at radius 2 is 1.78 bits per heavy atom. The van der Waals surface area contributed by atoms with Crippen LogP contribution in [0.2, 0.25) is 0 Å². The third kappa shape index (κ3) is 5.25. The predicted molar refractivity (Wildman–Crippen MR) is 94.2 cm³/mol. The van der Waals surface area contributed by atoms with Gasteiger partial charge in [0.1, 0.15) is 5.82 Å². The minimum absolute atomic E-state index is 0.228. The summed E-state index contributed by atoms with van der Waals surface area (Å²) in [6.07, 6.45) is 5.12. The first-order chi connectivity index (χ1) is 11.0. The van der Waals surface area contributed by atoms with Crippen LogP contribution >= 0.6 is 0 Å². The van der Waals surface area contributed by atoms with E-state index in [-0.39, 0.29) is 4.90 Å². The van der Waals surface area contributed by atoms with E-state index in [0.29, 0.717) is 5.82 Å². The number of nitrogens with zero attached hydrogens (tertiary/aromatic N) is 1. The molecule has 0 amide bonds. The summed E-state index contributed by atoms with van der Waals surface area (Å²) in [6, 6.07) is 10.2. The number of hydrogen-bond acceptors (Lipinski definition) is 4. The maximum Gasteiger partial charge on any atom is 0.263 e. The van der Waals surface area contributed by atoms with E-state index in [1.807, 2.05) is 13.0 Å². The summed E-state index contributed by atoms with van der Waals surface area (Å²) in [5, 5.41) is 3.27. The molecule has 5 nitrogen and oxygen atoms in total. The highest BCUT2D eigenvalue weighted by Crippen LogP contribution is 2.16. The SMILES string of the molecule is CCCCCNc1ccc(NS(=O)(=O)c2ccc(C)cc2)nc1. The average Bonchev–Trinajstić information content (AvgIpc) is 2.53. The van der Waals surface area contributed by atoms with E-state index in [2.05, 4.69) is 21.9 Å². The number of aryl methyl sites for hydroxylation is 1. The van der Waals surface area contributed by atoms with E-state index in [9.17, 15) is 8.42 Å². The van der Waals surface area contributed by atoms with Gasteiger partial charge in [-0.1, -0.05) is 37.5 Å². The van der Waals surface area contributed by atoms with Crippen molar-refractivity contribution in [2.75, 3.05) is 16.6 Å².